The van der Waals surface area contributed by atoms with E-state index in [1.54, 1.807) is 11.3 Å². The summed E-state index contributed by atoms with van der Waals surface area (Å²) < 4.78 is 6.16. The zero-order chi connectivity index (χ0) is 9.68. The zero-order valence-corrected chi connectivity index (χ0v) is 9.90. The van der Waals surface area contributed by atoms with Crippen molar-refractivity contribution < 1.29 is 9.84 Å². The fourth-order valence-corrected chi connectivity index (χ4v) is 2.67. The molecule has 1 N–H and O–H groups in total. The molecule has 0 radical (unpaired) electrons. The monoisotopic (exact) mass is 264 g/mol. The molecular formula is C9H13BrO2S. The molecule has 1 heterocycles. The highest BCUT2D eigenvalue weighted by atomic mass is 79.9. The lowest BCUT2D eigenvalue weighted by Gasteiger charge is -2.08. The van der Waals surface area contributed by atoms with Crippen LogP contribution in [0.5, 0.6) is 0 Å². The molecule has 1 aromatic heterocycles. The van der Waals surface area contributed by atoms with Gasteiger partial charge in [-0.05, 0) is 34.3 Å². The van der Waals surface area contributed by atoms with Crippen molar-refractivity contribution in [3.63, 3.8) is 0 Å². The molecule has 1 rings (SSSR count). The Kier molecular flexibility index (Phi) is 4.94. The van der Waals surface area contributed by atoms with Crippen molar-refractivity contribution >= 4 is 27.3 Å². The first-order chi connectivity index (χ1) is 6.25. The van der Waals surface area contributed by atoms with Crippen LogP contribution in [0.2, 0.25) is 0 Å². The van der Waals surface area contributed by atoms with Gasteiger partial charge in [-0.25, -0.2) is 0 Å². The van der Waals surface area contributed by atoms with E-state index >= 15 is 0 Å². The number of hydrogen-bond donors (Lipinski definition) is 1. The minimum Gasteiger partial charge on any atom is -0.387 e. The summed E-state index contributed by atoms with van der Waals surface area (Å²) in [5.41, 5.74) is 0. The normalized spacial score (nSPS) is 13.2. The van der Waals surface area contributed by atoms with Gasteiger partial charge in [-0.15, -0.1) is 11.3 Å². The molecule has 2 nitrogen and oxygen atoms in total. The molecule has 0 bridgehead atoms. The van der Waals surface area contributed by atoms with Crippen LogP contribution < -0.4 is 0 Å². The molecule has 0 saturated carbocycles. The molecule has 4 heteroatoms. The number of hydrogen-bond acceptors (Lipinski definition) is 3. The average molecular weight is 265 g/mol. The first kappa shape index (κ1) is 11.2. The Morgan fingerprint density at radius 1 is 1.69 bits per heavy atom. The maximum absolute atomic E-state index is 9.72. The van der Waals surface area contributed by atoms with E-state index in [0.717, 1.165) is 9.35 Å². The standard InChI is InChI=1S/C9H13BrO2S/c1-2-12-5-3-8(11)9-7(10)4-6-13-9/h4,6,8,11H,2-3,5H2,1H3. The number of thiophene rings is 1. The van der Waals surface area contributed by atoms with Gasteiger partial charge in [0, 0.05) is 29.0 Å². The molecule has 0 amide bonds. The van der Waals surface area contributed by atoms with Crippen molar-refractivity contribution in [3.8, 4) is 0 Å². The summed E-state index contributed by atoms with van der Waals surface area (Å²) in [6, 6.07) is 1.95. The Bertz CT molecular complexity index is 250. The van der Waals surface area contributed by atoms with E-state index < -0.39 is 6.10 Å². The fraction of sp³-hybridized carbons (Fsp3) is 0.556. The summed E-state index contributed by atoms with van der Waals surface area (Å²) in [6.07, 6.45) is 0.258. The van der Waals surface area contributed by atoms with Crippen LogP contribution in [0.25, 0.3) is 0 Å². The summed E-state index contributed by atoms with van der Waals surface area (Å²) in [5.74, 6) is 0. The Balaban J connectivity index is 2.39. The van der Waals surface area contributed by atoms with E-state index in [1.165, 1.54) is 0 Å². The molecule has 1 aromatic rings. The lowest BCUT2D eigenvalue weighted by Crippen LogP contribution is -2.01. The van der Waals surface area contributed by atoms with Crippen LogP contribution in [0, 0.1) is 0 Å². The molecule has 0 aliphatic heterocycles. The first-order valence-corrected chi connectivity index (χ1v) is 5.91. The highest BCUT2D eigenvalue weighted by molar-refractivity contribution is 9.10. The molecule has 0 aliphatic rings. The van der Waals surface area contributed by atoms with Gasteiger partial charge >= 0.3 is 0 Å². The third kappa shape index (κ3) is 3.38. The summed E-state index contributed by atoms with van der Waals surface area (Å²) in [5, 5.41) is 11.7. The van der Waals surface area contributed by atoms with Gasteiger partial charge in [0.1, 0.15) is 0 Å². The Labute approximate surface area is 90.7 Å². The predicted octanol–water partition coefficient (Wildman–Crippen LogP) is 2.97. The van der Waals surface area contributed by atoms with Gasteiger partial charge in [0.15, 0.2) is 0 Å². The van der Waals surface area contributed by atoms with Gasteiger partial charge in [0.2, 0.25) is 0 Å². The van der Waals surface area contributed by atoms with Gasteiger partial charge in [0.25, 0.3) is 0 Å². The van der Waals surface area contributed by atoms with Crippen LogP contribution in [0.15, 0.2) is 15.9 Å². The van der Waals surface area contributed by atoms with Gasteiger partial charge < -0.3 is 9.84 Å². The second-order valence-corrected chi connectivity index (χ2v) is 4.44. The largest absolute Gasteiger partial charge is 0.387 e. The van der Waals surface area contributed by atoms with Crippen LogP contribution in [0.1, 0.15) is 24.3 Å². The maximum Gasteiger partial charge on any atom is 0.0915 e. The smallest absolute Gasteiger partial charge is 0.0915 e. The van der Waals surface area contributed by atoms with Crippen LogP contribution in [-0.4, -0.2) is 18.3 Å². The summed E-state index contributed by atoms with van der Waals surface area (Å²) in [6.45, 7) is 3.27. The van der Waals surface area contributed by atoms with Crippen molar-refractivity contribution in [2.75, 3.05) is 13.2 Å². The van der Waals surface area contributed by atoms with Crippen molar-refractivity contribution in [3.05, 3.63) is 20.8 Å². The average Bonchev–Trinajstić information content (AvgIpc) is 2.52. The van der Waals surface area contributed by atoms with Crippen molar-refractivity contribution in [1.29, 1.82) is 0 Å². The van der Waals surface area contributed by atoms with Crippen molar-refractivity contribution in [1.82, 2.24) is 0 Å². The minimum atomic E-state index is -0.402. The van der Waals surface area contributed by atoms with Gasteiger partial charge in [0.05, 0.1) is 6.10 Å². The minimum absolute atomic E-state index is 0.402. The van der Waals surface area contributed by atoms with E-state index in [2.05, 4.69) is 15.9 Å². The van der Waals surface area contributed by atoms with Gasteiger partial charge in [-0.1, -0.05) is 0 Å². The van der Waals surface area contributed by atoms with Crippen LogP contribution in [-0.2, 0) is 4.74 Å². The van der Waals surface area contributed by atoms with E-state index in [0.29, 0.717) is 19.6 Å². The molecule has 0 aromatic carbocycles. The summed E-state index contributed by atoms with van der Waals surface area (Å²) in [7, 11) is 0. The molecular weight excluding hydrogens is 252 g/mol. The predicted molar refractivity (Wildman–Crippen MR) is 58.1 cm³/mol. The highest BCUT2D eigenvalue weighted by Crippen LogP contribution is 2.30. The lowest BCUT2D eigenvalue weighted by molar-refractivity contribution is 0.0899. The molecule has 74 valence electrons. The molecule has 0 saturated heterocycles. The fourth-order valence-electron chi connectivity index (χ4n) is 1.01. The molecule has 1 unspecified atom stereocenters. The SMILES string of the molecule is CCOCCC(O)c1sccc1Br. The first-order valence-electron chi connectivity index (χ1n) is 4.24. The Morgan fingerprint density at radius 3 is 3.00 bits per heavy atom. The number of ether oxygens (including phenoxy) is 1. The number of aliphatic hydroxyl groups excluding tert-OH is 1. The lowest BCUT2D eigenvalue weighted by atomic mass is 10.2. The third-order valence-corrected chi connectivity index (χ3v) is 3.66. The maximum atomic E-state index is 9.72. The van der Waals surface area contributed by atoms with Crippen LogP contribution in [0.3, 0.4) is 0 Å². The summed E-state index contributed by atoms with van der Waals surface area (Å²) in [4.78, 5) is 0.986. The van der Waals surface area contributed by atoms with Crippen LogP contribution in [0.4, 0.5) is 0 Å². The van der Waals surface area contributed by atoms with Crippen LogP contribution >= 0.6 is 27.3 Å². The zero-order valence-electron chi connectivity index (χ0n) is 7.50. The second-order valence-electron chi connectivity index (χ2n) is 2.63. The highest BCUT2D eigenvalue weighted by Gasteiger charge is 2.11. The molecule has 0 fully saturated rings. The van der Waals surface area contributed by atoms with Crippen molar-refractivity contribution in [2.24, 2.45) is 0 Å². The van der Waals surface area contributed by atoms with Gasteiger partial charge in [-0.2, -0.15) is 0 Å². The van der Waals surface area contributed by atoms with E-state index in [1.807, 2.05) is 18.4 Å². The van der Waals surface area contributed by atoms with E-state index in [9.17, 15) is 5.11 Å². The summed E-state index contributed by atoms with van der Waals surface area (Å²) >= 11 is 4.95. The molecule has 13 heavy (non-hydrogen) atoms. The van der Waals surface area contributed by atoms with Gasteiger partial charge in [-0.3, -0.25) is 0 Å². The topological polar surface area (TPSA) is 29.5 Å². The Hall–Kier alpha value is 0.100. The third-order valence-electron chi connectivity index (χ3n) is 1.69. The van der Waals surface area contributed by atoms with Crippen molar-refractivity contribution in [2.45, 2.75) is 19.4 Å². The van der Waals surface area contributed by atoms with E-state index in [-0.39, 0.29) is 0 Å². The molecule has 0 spiro atoms. The second kappa shape index (κ2) is 5.75. The number of rotatable bonds is 5. The number of aliphatic hydroxyl groups is 1. The van der Waals surface area contributed by atoms with E-state index in [4.69, 9.17) is 4.74 Å². The molecule has 1 atom stereocenters. The molecule has 0 aliphatic carbocycles. The quantitative estimate of drug-likeness (QED) is 0.829. The Morgan fingerprint density at radius 2 is 2.46 bits per heavy atom. The number of halogens is 1.